The minimum atomic E-state index is -0.144. The van der Waals surface area contributed by atoms with Crippen LogP contribution in [0.4, 0.5) is 0 Å². The number of rotatable bonds is 7. The van der Waals surface area contributed by atoms with Crippen molar-refractivity contribution >= 4 is 40.2 Å². The van der Waals surface area contributed by atoms with Gasteiger partial charge in [0.05, 0.1) is 0 Å². The average molecular weight is 419 g/mol. The summed E-state index contributed by atoms with van der Waals surface area (Å²) >= 11 is 3.34. The van der Waals surface area contributed by atoms with Crippen molar-refractivity contribution in [2.24, 2.45) is 0 Å². The van der Waals surface area contributed by atoms with Crippen LogP contribution in [0.5, 0.6) is 0 Å². The lowest BCUT2D eigenvalue weighted by Gasteiger charge is -2.28. The molecule has 0 bridgehead atoms. The molecule has 1 atom stereocenters. The molecule has 1 aliphatic heterocycles. The molecular weight excluding hydrogens is 394 g/mol. The number of nitrogens with zero attached hydrogens (tertiary/aromatic N) is 1. The van der Waals surface area contributed by atoms with Gasteiger partial charge in [-0.25, -0.2) is 0 Å². The molecular formula is C17H25BrClN3O2. The molecule has 1 aromatic carbocycles. The van der Waals surface area contributed by atoms with Gasteiger partial charge >= 0.3 is 0 Å². The summed E-state index contributed by atoms with van der Waals surface area (Å²) in [5.74, 6) is -0.0217. The highest BCUT2D eigenvalue weighted by Crippen LogP contribution is 2.12. The highest BCUT2D eigenvalue weighted by atomic mass is 79.9. The van der Waals surface area contributed by atoms with Crippen LogP contribution >= 0.6 is 28.3 Å². The Hall–Kier alpha value is -1.11. The highest BCUT2D eigenvalue weighted by molar-refractivity contribution is 9.10. The van der Waals surface area contributed by atoms with E-state index in [2.05, 4.69) is 33.5 Å². The number of amides is 2. The number of hydrogen-bond donors (Lipinski definition) is 2. The summed E-state index contributed by atoms with van der Waals surface area (Å²) < 4.78 is 0.935. The van der Waals surface area contributed by atoms with E-state index >= 15 is 0 Å². The summed E-state index contributed by atoms with van der Waals surface area (Å²) in [5, 5.41) is 6.12. The maximum atomic E-state index is 12.4. The lowest BCUT2D eigenvalue weighted by molar-refractivity contribution is -0.133. The number of carbonyl (C=O) groups excluding carboxylic acids is 2. The van der Waals surface area contributed by atoms with Crippen LogP contribution in [0.2, 0.25) is 0 Å². The second-order valence-electron chi connectivity index (χ2n) is 5.75. The fourth-order valence-corrected chi connectivity index (χ4v) is 3.05. The van der Waals surface area contributed by atoms with Crippen LogP contribution in [0.15, 0.2) is 28.7 Å². The molecule has 1 unspecified atom stereocenters. The maximum Gasteiger partial charge on any atom is 0.251 e. The molecule has 0 spiro atoms. The Balaban J connectivity index is 0.00000288. The zero-order chi connectivity index (χ0) is 16.7. The first kappa shape index (κ1) is 20.9. The van der Waals surface area contributed by atoms with E-state index in [-0.39, 0.29) is 24.2 Å². The van der Waals surface area contributed by atoms with Crippen molar-refractivity contribution in [3.05, 3.63) is 34.3 Å². The van der Waals surface area contributed by atoms with E-state index in [9.17, 15) is 9.59 Å². The smallest absolute Gasteiger partial charge is 0.251 e. The molecule has 2 N–H and O–H groups in total. The molecule has 7 heteroatoms. The van der Waals surface area contributed by atoms with Crippen LogP contribution in [0.1, 0.15) is 36.5 Å². The van der Waals surface area contributed by atoms with Gasteiger partial charge in [-0.1, -0.05) is 22.9 Å². The van der Waals surface area contributed by atoms with Gasteiger partial charge in [0, 0.05) is 42.1 Å². The summed E-state index contributed by atoms with van der Waals surface area (Å²) in [6, 6.07) is 7.47. The lowest BCUT2D eigenvalue weighted by atomic mass is 10.2. The van der Waals surface area contributed by atoms with E-state index < -0.39 is 0 Å². The molecule has 0 aliphatic carbocycles. The Morgan fingerprint density at radius 2 is 2.04 bits per heavy atom. The maximum absolute atomic E-state index is 12.4. The third-order valence-electron chi connectivity index (χ3n) is 3.99. The Labute approximate surface area is 158 Å². The van der Waals surface area contributed by atoms with Crippen LogP contribution in [0.3, 0.4) is 0 Å². The van der Waals surface area contributed by atoms with Gasteiger partial charge in [-0.2, -0.15) is 0 Å². The molecule has 134 valence electrons. The molecule has 1 saturated heterocycles. The Kier molecular flexibility index (Phi) is 9.33. The molecule has 1 heterocycles. The molecule has 0 radical (unpaired) electrons. The first-order valence-electron chi connectivity index (χ1n) is 8.15. The molecule has 1 aromatic rings. The van der Waals surface area contributed by atoms with Gasteiger partial charge in [0.25, 0.3) is 5.91 Å². The standard InChI is InChI=1S/C17H24BrN3O2.ClH/c1-2-11-21(15-7-9-19-12-15)16(22)8-10-20-17(23)13-3-5-14(18)6-4-13;/h3-6,15,19H,2,7-12H2,1H3,(H,20,23);1H. The summed E-state index contributed by atoms with van der Waals surface area (Å²) in [4.78, 5) is 26.4. The highest BCUT2D eigenvalue weighted by Gasteiger charge is 2.25. The molecule has 24 heavy (non-hydrogen) atoms. The van der Waals surface area contributed by atoms with Gasteiger partial charge in [0.2, 0.25) is 5.91 Å². The number of halogens is 2. The van der Waals surface area contributed by atoms with Crippen LogP contribution in [0.25, 0.3) is 0 Å². The van der Waals surface area contributed by atoms with Crippen LogP contribution < -0.4 is 10.6 Å². The van der Waals surface area contributed by atoms with Crippen molar-refractivity contribution in [2.75, 3.05) is 26.2 Å². The normalized spacial score (nSPS) is 16.3. The van der Waals surface area contributed by atoms with Gasteiger partial charge in [-0.3, -0.25) is 9.59 Å². The van der Waals surface area contributed by atoms with Crippen molar-refractivity contribution in [1.82, 2.24) is 15.5 Å². The lowest BCUT2D eigenvalue weighted by Crippen LogP contribution is -2.43. The van der Waals surface area contributed by atoms with E-state index in [1.807, 2.05) is 17.0 Å². The van der Waals surface area contributed by atoms with Crippen molar-refractivity contribution in [3.63, 3.8) is 0 Å². The summed E-state index contributed by atoms with van der Waals surface area (Å²) in [6.07, 6.45) is 2.31. The van der Waals surface area contributed by atoms with Crippen molar-refractivity contribution < 1.29 is 9.59 Å². The first-order chi connectivity index (χ1) is 11.1. The van der Waals surface area contributed by atoms with Crippen LogP contribution in [0, 0.1) is 0 Å². The Morgan fingerprint density at radius 1 is 1.33 bits per heavy atom. The Bertz CT molecular complexity index is 533. The van der Waals surface area contributed by atoms with E-state index in [0.717, 1.165) is 36.9 Å². The first-order valence-corrected chi connectivity index (χ1v) is 8.95. The van der Waals surface area contributed by atoms with Gasteiger partial charge in [-0.05, 0) is 43.7 Å². The largest absolute Gasteiger partial charge is 0.352 e. The van der Waals surface area contributed by atoms with Crippen LogP contribution in [-0.2, 0) is 4.79 Å². The van der Waals surface area contributed by atoms with Gasteiger partial charge in [-0.15, -0.1) is 12.4 Å². The monoisotopic (exact) mass is 417 g/mol. The molecule has 2 amide bonds. The summed E-state index contributed by atoms with van der Waals surface area (Å²) in [5.41, 5.74) is 0.603. The van der Waals surface area contributed by atoms with Gasteiger partial charge in [0.15, 0.2) is 0 Å². The average Bonchev–Trinajstić information content (AvgIpc) is 3.07. The molecule has 2 rings (SSSR count). The van der Waals surface area contributed by atoms with E-state index in [0.29, 0.717) is 24.6 Å². The number of hydrogen-bond acceptors (Lipinski definition) is 3. The molecule has 0 saturated carbocycles. The minimum Gasteiger partial charge on any atom is -0.352 e. The predicted molar refractivity (Wildman–Crippen MR) is 102 cm³/mol. The molecule has 1 fully saturated rings. The van der Waals surface area contributed by atoms with Gasteiger partial charge < -0.3 is 15.5 Å². The number of nitrogens with one attached hydrogen (secondary N) is 2. The topological polar surface area (TPSA) is 61.4 Å². The van der Waals surface area contributed by atoms with Crippen molar-refractivity contribution in [1.29, 1.82) is 0 Å². The third kappa shape index (κ3) is 6.07. The fraction of sp³-hybridized carbons (Fsp3) is 0.529. The SMILES string of the molecule is CCCN(C(=O)CCNC(=O)c1ccc(Br)cc1)C1CCNC1.Cl. The molecule has 0 aromatic heterocycles. The summed E-state index contributed by atoms with van der Waals surface area (Å²) in [6.45, 7) is 5.08. The summed E-state index contributed by atoms with van der Waals surface area (Å²) in [7, 11) is 0. The molecule has 5 nitrogen and oxygen atoms in total. The fourth-order valence-electron chi connectivity index (χ4n) is 2.79. The van der Waals surface area contributed by atoms with E-state index in [1.165, 1.54) is 0 Å². The Morgan fingerprint density at radius 3 is 2.62 bits per heavy atom. The second kappa shape index (κ2) is 10.7. The zero-order valence-corrected chi connectivity index (χ0v) is 16.3. The zero-order valence-electron chi connectivity index (χ0n) is 13.9. The van der Waals surface area contributed by atoms with E-state index in [1.54, 1.807) is 12.1 Å². The van der Waals surface area contributed by atoms with Crippen LogP contribution in [-0.4, -0.2) is 48.9 Å². The predicted octanol–water partition coefficient (Wildman–Crippen LogP) is 2.59. The molecule has 1 aliphatic rings. The van der Waals surface area contributed by atoms with E-state index in [4.69, 9.17) is 0 Å². The second-order valence-corrected chi connectivity index (χ2v) is 6.66. The quantitative estimate of drug-likeness (QED) is 0.715. The third-order valence-corrected chi connectivity index (χ3v) is 4.52. The van der Waals surface area contributed by atoms with Crippen molar-refractivity contribution in [2.45, 2.75) is 32.2 Å². The van der Waals surface area contributed by atoms with Gasteiger partial charge in [0.1, 0.15) is 0 Å². The van der Waals surface area contributed by atoms with Crippen molar-refractivity contribution in [3.8, 4) is 0 Å². The number of benzene rings is 1. The number of carbonyl (C=O) groups is 2. The minimum absolute atomic E-state index is 0.